The zero-order valence-electron chi connectivity index (χ0n) is 30.2. The summed E-state index contributed by atoms with van der Waals surface area (Å²) in [4.78, 5) is 23.8. The van der Waals surface area contributed by atoms with Crippen molar-refractivity contribution in [1.29, 1.82) is 0 Å². The molecule has 0 saturated carbocycles. The number of carbonyl (C=O) groups excluding carboxylic acids is 1. The van der Waals surface area contributed by atoms with Crippen molar-refractivity contribution in [1.82, 2.24) is 20.2 Å². The Labute approximate surface area is 314 Å². The first-order valence-electron chi connectivity index (χ1n) is 18.1. The molecule has 2 heterocycles. The number of likely N-dealkylation sites (N-methyl/N-ethyl adjacent to an activating group) is 1. The van der Waals surface area contributed by atoms with Crippen molar-refractivity contribution in [2.75, 3.05) is 20.1 Å². The Hall–Kier alpha value is -5.49. The van der Waals surface area contributed by atoms with Crippen LogP contribution >= 0.6 is 0 Å². The SMILES string of the molecule is C[C@@H]1[C@H](CN(C)C[C@@H](O)c2cccc(O)c2)O[C@H](c2cccc(-c3cccc(CNC(=O)c4cnc5ccccc5n4)c3)c2)O[C@@H]1c1ccc(CO)cc1. The number of nitrogens with one attached hydrogen (secondary N) is 1. The van der Waals surface area contributed by atoms with Gasteiger partial charge in [-0.05, 0) is 76.8 Å². The van der Waals surface area contributed by atoms with Crippen LogP contribution in [0.5, 0.6) is 5.75 Å². The van der Waals surface area contributed by atoms with Crippen LogP contribution in [-0.2, 0) is 22.6 Å². The van der Waals surface area contributed by atoms with Crippen LogP contribution in [0.15, 0.2) is 128 Å². The molecule has 4 N–H and O–H groups in total. The first-order valence-corrected chi connectivity index (χ1v) is 18.1. The number of para-hydroxylation sites is 2. The third-order valence-corrected chi connectivity index (χ3v) is 9.91. The third-order valence-electron chi connectivity index (χ3n) is 9.91. The second-order valence-electron chi connectivity index (χ2n) is 13.9. The van der Waals surface area contributed by atoms with Crippen LogP contribution in [0.3, 0.4) is 0 Å². The van der Waals surface area contributed by atoms with E-state index in [1.54, 1.807) is 24.3 Å². The lowest BCUT2D eigenvalue weighted by molar-refractivity contribution is -0.276. The summed E-state index contributed by atoms with van der Waals surface area (Å²) < 4.78 is 13.5. The summed E-state index contributed by atoms with van der Waals surface area (Å²) in [5.41, 5.74) is 7.86. The first kappa shape index (κ1) is 36.9. The van der Waals surface area contributed by atoms with Crippen LogP contribution in [0.25, 0.3) is 22.2 Å². The quantitative estimate of drug-likeness (QED) is 0.106. The smallest absolute Gasteiger partial charge is 0.271 e. The Kier molecular flexibility index (Phi) is 11.4. The predicted molar refractivity (Wildman–Crippen MR) is 206 cm³/mol. The van der Waals surface area contributed by atoms with E-state index in [9.17, 15) is 20.1 Å². The summed E-state index contributed by atoms with van der Waals surface area (Å²) in [7, 11) is 1.95. The number of hydrogen-bond donors (Lipinski definition) is 4. The minimum atomic E-state index is -0.789. The van der Waals surface area contributed by atoms with E-state index in [1.165, 1.54) is 6.20 Å². The lowest BCUT2D eigenvalue weighted by Crippen LogP contribution is -2.44. The lowest BCUT2D eigenvalue weighted by atomic mass is 9.89. The Morgan fingerprint density at radius 2 is 1.57 bits per heavy atom. The number of benzene rings is 5. The maximum atomic E-state index is 13.0. The zero-order chi connectivity index (χ0) is 37.6. The van der Waals surface area contributed by atoms with Gasteiger partial charge in [0, 0.05) is 31.1 Å². The highest BCUT2D eigenvalue weighted by molar-refractivity contribution is 5.93. The number of fused-ring (bicyclic) bond motifs is 1. The second-order valence-corrected chi connectivity index (χ2v) is 13.9. The summed E-state index contributed by atoms with van der Waals surface area (Å²) >= 11 is 0. The molecule has 1 fully saturated rings. The number of aliphatic hydroxyl groups is 2. The molecule has 6 aromatic rings. The van der Waals surface area contributed by atoms with E-state index < -0.39 is 12.4 Å². The van der Waals surface area contributed by atoms with Gasteiger partial charge in [-0.25, -0.2) is 4.98 Å². The number of phenols is 1. The summed E-state index contributed by atoms with van der Waals surface area (Å²) in [6.07, 6.45) is -0.524. The van der Waals surface area contributed by atoms with Gasteiger partial charge < -0.3 is 35.0 Å². The fourth-order valence-electron chi connectivity index (χ4n) is 6.91. The monoisotopic (exact) mass is 724 g/mol. The van der Waals surface area contributed by atoms with Gasteiger partial charge in [0.1, 0.15) is 11.4 Å². The lowest BCUT2D eigenvalue weighted by Gasteiger charge is -2.42. The predicted octanol–water partition coefficient (Wildman–Crippen LogP) is 6.88. The van der Waals surface area contributed by atoms with Crippen molar-refractivity contribution in [2.45, 2.75) is 44.7 Å². The van der Waals surface area contributed by atoms with Crippen LogP contribution in [0.2, 0.25) is 0 Å². The van der Waals surface area contributed by atoms with Gasteiger partial charge in [-0.1, -0.05) is 91.9 Å². The van der Waals surface area contributed by atoms with Crippen molar-refractivity contribution in [3.63, 3.8) is 0 Å². The molecule has 7 rings (SSSR count). The number of amides is 1. The standard InChI is InChI=1S/C44H44N4O6/c1-28-41(26-48(2)25-40(51)34-11-7-13-36(50)22-34)53-44(54-42(28)31-18-16-29(27-49)17-19-31)35-12-6-10-33(21-35)32-9-5-8-30(20-32)23-46-43(52)39-24-45-37-14-3-4-15-38(37)47-39/h3-22,24,28,40-42,44,49-51H,23,25-27H2,1-2H3,(H,46,52)/t28-,40-,41+,42+,44+/m1/s1. The molecule has 1 amide bonds. The average Bonchev–Trinajstić information content (AvgIpc) is 3.20. The topological polar surface area (TPSA) is 137 Å². The molecule has 0 spiro atoms. The van der Waals surface area contributed by atoms with Crippen molar-refractivity contribution in [3.8, 4) is 16.9 Å². The fourth-order valence-corrected chi connectivity index (χ4v) is 6.91. The van der Waals surface area contributed by atoms with E-state index >= 15 is 0 Å². The number of rotatable bonds is 12. The average molecular weight is 725 g/mol. The molecule has 10 nitrogen and oxygen atoms in total. The number of aromatic hydroxyl groups is 1. The van der Waals surface area contributed by atoms with Crippen molar-refractivity contribution >= 4 is 16.9 Å². The van der Waals surface area contributed by atoms with Crippen molar-refractivity contribution in [2.24, 2.45) is 5.92 Å². The van der Waals surface area contributed by atoms with Gasteiger partial charge in [0.15, 0.2) is 6.29 Å². The highest BCUT2D eigenvalue weighted by Crippen LogP contribution is 2.42. The fraction of sp³-hybridized carbons (Fsp3) is 0.250. The molecule has 1 saturated heterocycles. The Bertz CT molecular complexity index is 2210. The highest BCUT2D eigenvalue weighted by Gasteiger charge is 2.39. The Morgan fingerprint density at radius 1 is 0.833 bits per heavy atom. The summed E-state index contributed by atoms with van der Waals surface area (Å²) in [6.45, 7) is 3.26. The minimum absolute atomic E-state index is 0.0401. The Morgan fingerprint density at radius 3 is 2.35 bits per heavy atom. The number of aromatic nitrogens is 2. The summed E-state index contributed by atoms with van der Waals surface area (Å²) in [6, 6.07) is 38.1. The van der Waals surface area contributed by atoms with Gasteiger partial charge >= 0.3 is 0 Å². The van der Waals surface area contributed by atoms with Gasteiger partial charge in [0.2, 0.25) is 0 Å². The molecule has 10 heteroatoms. The molecular formula is C44H44N4O6. The number of aliphatic hydroxyl groups excluding tert-OH is 2. The van der Waals surface area contributed by atoms with E-state index in [-0.39, 0.29) is 42.1 Å². The maximum Gasteiger partial charge on any atom is 0.271 e. The number of hydrogen-bond acceptors (Lipinski definition) is 9. The normalized spacial score (nSPS) is 19.1. The van der Waals surface area contributed by atoms with Crippen LogP contribution in [-0.4, -0.2) is 62.3 Å². The molecule has 0 unspecified atom stereocenters. The molecule has 0 radical (unpaired) electrons. The molecule has 5 atom stereocenters. The van der Waals surface area contributed by atoms with E-state index in [0.29, 0.717) is 30.7 Å². The van der Waals surface area contributed by atoms with E-state index in [4.69, 9.17) is 9.47 Å². The first-order chi connectivity index (χ1) is 26.2. The van der Waals surface area contributed by atoms with Crippen LogP contribution in [0.1, 0.15) is 63.7 Å². The molecule has 0 aliphatic carbocycles. The minimum Gasteiger partial charge on any atom is -0.508 e. The van der Waals surface area contributed by atoms with E-state index in [2.05, 4.69) is 34.3 Å². The van der Waals surface area contributed by atoms with Crippen LogP contribution < -0.4 is 5.32 Å². The third kappa shape index (κ3) is 8.65. The maximum absolute atomic E-state index is 13.0. The summed E-state index contributed by atoms with van der Waals surface area (Å²) in [5, 5.41) is 33.5. The van der Waals surface area contributed by atoms with Crippen LogP contribution in [0, 0.1) is 5.92 Å². The van der Waals surface area contributed by atoms with Crippen molar-refractivity contribution < 1.29 is 29.6 Å². The molecule has 276 valence electrons. The summed E-state index contributed by atoms with van der Waals surface area (Å²) in [5.74, 6) is -0.227. The number of carbonyl (C=O) groups is 1. The van der Waals surface area contributed by atoms with Gasteiger partial charge in [-0.3, -0.25) is 9.78 Å². The van der Waals surface area contributed by atoms with E-state index in [1.807, 2.05) is 96.9 Å². The largest absolute Gasteiger partial charge is 0.508 e. The molecular weight excluding hydrogens is 681 g/mol. The molecule has 0 bridgehead atoms. The van der Waals surface area contributed by atoms with Crippen molar-refractivity contribution in [3.05, 3.63) is 161 Å². The van der Waals surface area contributed by atoms with Gasteiger partial charge in [-0.15, -0.1) is 0 Å². The zero-order valence-corrected chi connectivity index (χ0v) is 30.2. The van der Waals surface area contributed by atoms with E-state index in [0.717, 1.165) is 38.9 Å². The van der Waals surface area contributed by atoms with Gasteiger partial charge in [-0.2, -0.15) is 0 Å². The van der Waals surface area contributed by atoms with Gasteiger partial charge in [0.25, 0.3) is 5.91 Å². The van der Waals surface area contributed by atoms with Crippen LogP contribution in [0.4, 0.5) is 0 Å². The molecule has 1 aliphatic rings. The number of ether oxygens (including phenoxy) is 2. The Balaban J connectivity index is 1.08. The molecule has 5 aromatic carbocycles. The number of phenolic OH excluding ortho intramolecular Hbond substituents is 1. The highest BCUT2D eigenvalue weighted by atomic mass is 16.7. The molecule has 1 aromatic heterocycles. The molecule has 1 aliphatic heterocycles. The second kappa shape index (κ2) is 16.7. The van der Waals surface area contributed by atoms with Gasteiger partial charge in [0.05, 0.1) is 42.1 Å². The molecule has 54 heavy (non-hydrogen) atoms. The number of nitrogens with zero attached hydrogens (tertiary/aromatic N) is 3.